The molecule has 4 heteroatoms. The molecule has 2 atom stereocenters. The van der Waals surface area contributed by atoms with Crippen LogP contribution in [0.15, 0.2) is 0 Å². The average molecular weight is 248 g/mol. The zero-order valence-corrected chi connectivity index (χ0v) is 12.3. The van der Waals surface area contributed by atoms with Gasteiger partial charge in [0.2, 0.25) is 0 Å². The first-order valence-corrected chi connectivity index (χ1v) is 9.17. The van der Waals surface area contributed by atoms with E-state index < -0.39 is 14.2 Å². The predicted molar refractivity (Wildman–Crippen MR) is 70.1 cm³/mol. The highest BCUT2D eigenvalue weighted by atomic mass is 28.3. The van der Waals surface area contributed by atoms with Gasteiger partial charge in [-0.3, -0.25) is 0 Å². The zero-order chi connectivity index (χ0) is 13.0. The van der Waals surface area contributed by atoms with Crippen molar-refractivity contribution in [2.45, 2.75) is 70.0 Å². The van der Waals surface area contributed by atoms with Crippen molar-refractivity contribution in [2.24, 2.45) is 0 Å². The largest absolute Gasteiger partial charge is 0.397 e. The fraction of sp³-hybridized carbons (Fsp3) is 1.00. The van der Waals surface area contributed by atoms with Crippen molar-refractivity contribution in [3.63, 3.8) is 0 Å². The van der Waals surface area contributed by atoms with Crippen LogP contribution in [0.5, 0.6) is 0 Å². The summed E-state index contributed by atoms with van der Waals surface area (Å²) in [6.07, 6.45) is 1.44. The molecule has 3 nitrogen and oxygen atoms in total. The standard InChI is InChI=1S/C12H28O3Si/c1-12(2,3)16(4,5)11(15)8-6-7-10(14)9-13/h10-11,13-15H,6-9H2,1-5H3. The fourth-order valence-electron chi connectivity index (χ4n) is 1.50. The Hall–Kier alpha value is 0.0969. The second-order valence-electron chi connectivity index (χ2n) is 6.25. The van der Waals surface area contributed by atoms with Gasteiger partial charge in [-0.05, 0) is 24.3 Å². The number of hydrogen-bond donors (Lipinski definition) is 3. The van der Waals surface area contributed by atoms with Crippen LogP contribution in [0.4, 0.5) is 0 Å². The second-order valence-corrected chi connectivity index (χ2v) is 11.9. The lowest BCUT2D eigenvalue weighted by molar-refractivity contribution is 0.0834. The van der Waals surface area contributed by atoms with E-state index in [1.807, 2.05) is 0 Å². The van der Waals surface area contributed by atoms with Gasteiger partial charge in [0.1, 0.15) is 0 Å². The third-order valence-electron chi connectivity index (χ3n) is 3.99. The lowest BCUT2D eigenvalue weighted by atomic mass is 10.2. The number of aliphatic hydroxyl groups is 3. The Morgan fingerprint density at radius 3 is 1.94 bits per heavy atom. The van der Waals surface area contributed by atoms with Crippen LogP contribution in [0.2, 0.25) is 18.1 Å². The van der Waals surface area contributed by atoms with Crippen molar-refractivity contribution in [1.82, 2.24) is 0 Å². The molecular formula is C12H28O3Si. The van der Waals surface area contributed by atoms with Crippen molar-refractivity contribution in [3.8, 4) is 0 Å². The summed E-state index contributed by atoms with van der Waals surface area (Å²) in [6, 6.07) is 0. The van der Waals surface area contributed by atoms with Gasteiger partial charge in [-0.1, -0.05) is 33.9 Å². The number of rotatable bonds is 6. The van der Waals surface area contributed by atoms with Gasteiger partial charge in [0, 0.05) is 5.73 Å². The van der Waals surface area contributed by atoms with Gasteiger partial charge in [-0.15, -0.1) is 0 Å². The molecule has 0 amide bonds. The van der Waals surface area contributed by atoms with Crippen molar-refractivity contribution in [1.29, 1.82) is 0 Å². The summed E-state index contributed by atoms with van der Waals surface area (Å²) in [7, 11) is -1.68. The molecule has 2 unspecified atom stereocenters. The first-order chi connectivity index (χ1) is 7.13. The van der Waals surface area contributed by atoms with Crippen LogP contribution in [0.3, 0.4) is 0 Å². The van der Waals surface area contributed by atoms with E-state index in [0.717, 1.165) is 12.8 Å². The van der Waals surface area contributed by atoms with Crippen LogP contribution in [-0.2, 0) is 0 Å². The molecule has 0 spiro atoms. The molecule has 16 heavy (non-hydrogen) atoms. The summed E-state index contributed by atoms with van der Waals surface area (Å²) in [5.74, 6) is 0. The maximum Gasteiger partial charge on any atom is 0.0864 e. The van der Waals surface area contributed by atoms with Crippen molar-refractivity contribution < 1.29 is 15.3 Å². The van der Waals surface area contributed by atoms with Gasteiger partial charge in [-0.25, -0.2) is 0 Å². The molecule has 0 aromatic carbocycles. The Bertz CT molecular complexity index is 199. The van der Waals surface area contributed by atoms with E-state index in [1.54, 1.807) is 0 Å². The van der Waals surface area contributed by atoms with Gasteiger partial charge >= 0.3 is 0 Å². The summed E-state index contributed by atoms with van der Waals surface area (Å²) in [5, 5.41) is 28.3. The second kappa shape index (κ2) is 6.14. The molecule has 0 radical (unpaired) electrons. The zero-order valence-electron chi connectivity index (χ0n) is 11.3. The van der Waals surface area contributed by atoms with Gasteiger partial charge in [-0.2, -0.15) is 0 Å². The van der Waals surface area contributed by atoms with Crippen LogP contribution < -0.4 is 0 Å². The Kier molecular flexibility index (Phi) is 6.18. The van der Waals surface area contributed by atoms with E-state index in [4.69, 9.17) is 5.11 Å². The van der Waals surface area contributed by atoms with E-state index in [-0.39, 0.29) is 17.4 Å². The minimum Gasteiger partial charge on any atom is -0.397 e. The summed E-state index contributed by atoms with van der Waals surface area (Å²) in [5.41, 5.74) is -0.238. The van der Waals surface area contributed by atoms with Crippen LogP contribution in [0, 0.1) is 0 Å². The van der Waals surface area contributed by atoms with Gasteiger partial charge in [0.05, 0.1) is 20.8 Å². The highest BCUT2D eigenvalue weighted by Gasteiger charge is 2.40. The molecule has 0 rings (SSSR count). The van der Waals surface area contributed by atoms with E-state index in [1.165, 1.54) is 0 Å². The van der Waals surface area contributed by atoms with E-state index in [2.05, 4.69) is 33.9 Å². The molecule has 0 heterocycles. The fourth-order valence-corrected chi connectivity index (χ4v) is 3.42. The highest BCUT2D eigenvalue weighted by molar-refractivity contribution is 6.81. The Labute approximate surface area is 101 Å². The molecule has 0 aliphatic rings. The molecule has 0 saturated heterocycles. The molecule has 0 aromatic rings. The van der Waals surface area contributed by atoms with Gasteiger partial charge < -0.3 is 15.3 Å². The smallest absolute Gasteiger partial charge is 0.0864 e. The first-order valence-electron chi connectivity index (χ1n) is 6.10. The third kappa shape index (κ3) is 4.53. The molecule has 0 saturated carbocycles. The maximum absolute atomic E-state index is 10.2. The molecule has 98 valence electrons. The Morgan fingerprint density at radius 1 is 1.06 bits per heavy atom. The van der Waals surface area contributed by atoms with Gasteiger partial charge in [0.25, 0.3) is 0 Å². The summed E-state index contributed by atoms with van der Waals surface area (Å²) in [4.78, 5) is 0. The molecule has 0 aliphatic carbocycles. The average Bonchev–Trinajstić information content (AvgIpc) is 2.15. The molecule has 0 aromatic heterocycles. The van der Waals surface area contributed by atoms with E-state index in [9.17, 15) is 10.2 Å². The number of aliphatic hydroxyl groups excluding tert-OH is 3. The summed E-state index contributed by atoms with van der Waals surface area (Å²) < 4.78 is 0. The first kappa shape index (κ1) is 16.1. The normalized spacial score (nSPS) is 17.2. The SMILES string of the molecule is CC(C)(C)[Si](C)(C)C(O)CCCC(O)CO. The lowest BCUT2D eigenvalue weighted by Crippen LogP contribution is -2.49. The minimum absolute atomic E-state index is 0.183. The van der Waals surface area contributed by atoms with E-state index >= 15 is 0 Å². The van der Waals surface area contributed by atoms with Crippen molar-refractivity contribution in [2.75, 3.05) is 6.61 Å². The minimum atomic E-state index is -1.68. The molecule has 0 bridgehead atoms. The third-order valence-corrected chi connectivity index (χ3v) is 9.81. The van der Waals surface area contributed by atoms with E-state index in [0.29, 0.717) is 6.42 Å². The molecule has 3 N–H and O–H groups in total. The van der Waals surface area contributed by atoms with Crippen molar-refractivity contribution >= 4 is 8.07 Å². The van der Waals surface area contributed by atoms with Crippen LogP contribution in [0.1, 0.15) is 40.0 Å². The summed E-state index contributed by atoms with van der Waals surface area (Å²) in [6.45, 7) is 10.8. The monoisotopic (exact) mass is 248 g/mol. The molecular weight excluding hydrogens is 220 g/mol. The Morgan fingerprint density at radius 2 is 1.56 bits per heavy atom. The van der Waals surface area contributed by atoms with Crippen LogP contribution >= 0.6 is 0 Å². The maximum atomic E-state index is 10.2. The Balaban J connectivity index is 4.11. The number of hydrogen-bond acceptors (Lipinski definition) is 3. The van der Waals surface area contributed by atoms with Crippen LogP contribution in [0.25, 0.3) is 0 Å². The summed E-state index contributed by atoms with van der Waals surface area (Å²) >= 11 is 0. The highest BCUT2D eigenvalue weighted by Crippen LogP contribution is 2.39. The quantitative estimate of drug-likeness (QED) is 0.629. The predicted octanol–water partition coefficient (Wildman–Crippen LogP) is 1.92. The molecule has 0 fully saturated rings. The molecule has 0 aliphatic heterocycles. The van der Waals surface area contributed by atoms with Gasteiger partial charge in [0.15, 0.2) is 0 Å². The topological polar surface area (TPSA) is 60.7 Å². The van der Waals surface area contributed by atoms with Crippen molar-refractivity contribution in [3.05, 3.63) is 0 Å². The van der Waals surface area contributed by atoms with Crippen LogP contribution in [-0.4, -0.2) is 41.8 Å². The lowest BCUT2D eigenvalue weighted by Gasteiger charge is -2.40.